The second-order valence-corrected chi connectivity index (χ2v) is 6.65. The number of amides is 1. The molecule has 1 amide bonds. The summed E-state index contributed by atoms with van der Waals surface area (Å²) in [6.45, 7) is 5.00. The topological polar surface area (TPSA) is 80.0 Å². The summed E-state index contributed by atoms with van der Waals surface area (Å²) in [6, 6.07) is 7.43. The number of rotatable bonds is 3. The van der Waals surface area contributed by atoms with Gasteiger partial charge in [-0.05, 0) is 32.2 Å². The SMILES string of the molecule is Cc1cnc(-n2nc(C(=O)N3CCN(C)CC3)cc2-c2ccccn2)cn1. The number of aryl methyl sites for hydroxylation is 1. The predicted octanol–water partition coefficient (Wildman–Crippen LogP) is 1.42. The Morgan fingerprint density at radius 2 is 1.85 bits per heavy atom. The highest BCUT2D eigenvalue weighted by Crippen LogP contribution is 2.22. The zero-order valence-corrected chi connectivity index (χ0v) is 15.4. The maximum Gasteiger partial charge on any atom is 0.274 e. The number of nitrogens with zero attached hydrogens (tertiary/aromatic N) is 7. The van der Waals surface area contributed by atoms with Crippen molar-refractivity contribution >= 4 is 5.91 Å². The normalized spacial score (nSPS) is 15.1. The molecule has 1 saturated heterocycles. The van der Waals surface area contributed by atoms with E-state index >= 15 is 0 Å². The number of carbonyl (C=O) groups is 1. The van der Waals surface area contributed by atoms with E-state index in [0.29, 0.717) is 30.3 Å². The van der Waals surface area contributed by atoms with Gasteiger partial charge in [-0.2, -0.15) is 5.10 Å². The van der Waals surface area contributed by atoms with E-state index in [1.54, 1.807) is 29.3 Å². The molecule has 3 aromatic heterocycles. The molecule has 0 spiro atoms. The summed E-state index contributed by atoms with van der Waals surface area (Å²) in [4.78, 5) is 30.1. The molecule has 0 unspecified atom stereocenters. The van der Waals surface area contributed by atoms with Crippen LogP contribution < -0.4 is 0 Å². The first-order valence-corrected chi connectivity index (χ1v) is 8.90. The largest absolute Gasteiger partial charge is 0.335 e. The lowest BCUT2D eigenvalue weighted by Crippen LogP contribution is -2.47. The summed E-state index contributed by atoms with van der Waals surface area (Å²) < 4.78 is 1.64. The van der Waals surface area contributed by atoms with Gasteiger partial charge in [-0.25, -0.2) is 9.67 Å². The molecule has 1 aliphatic rings. The number of piperazine rings is 1. The quantitative estimate of drug-likeness (QED) is 0.700. The first-order valence-electron chi connectivity index (χ1n) is 8.90. The van der Waals surface area contributed by atoms with Crippen molar-refractivity contribution in [2.24, 2.45) is 0 Å². The number of hydrogen-bond acceptors (Lipinski definition) is 6. The van der Waals surface area contributed by atoms with Gasteiger partial charge in [0, 0.05) is 32.4 Å². The van der Waals surface area contributed by atoms with Crippen LogP contribution in [0.15, 0.2) is 42.9 Å². The van der Waals surface area contributed by atoms with Crippen LogP contribution in [0.1, 0.15) is 16.2 Å². The Hall–Kier alpha value is -3.13. The van der Waals surface area contributed by atoms with E-state index in [2.05, 4.69) is 32.0 Å². The summed E-state index contributed by atoms with van der Waals surface area (Å²) in [6.07, 6.45) is 5.05. The van der Waals surface area contributed by atoms with Crippen LogP contribution in [-0.4, -0.2) is 73.7 Å². The molecule has 27 heavy (non-hydrogen) atoms. The Kier molecular flexibility index (Phi) is 4.64. The van der Waals surface area contributed by atoms with Gasteiger partial charge in [-0.1, -0.05) is 6.07 Å². The lowest BCUT2D eigenvalue weighted by Gasteiger charge is -2.31. The van der Waals surface area contributed by atoms with Crippen molar-refractivity contribution in [3.05, 3.63) is 54.2 Å². The molecule has 8 nitrogen and oxygen atoms in total. The van der Waals surface area contributed by atoms with Crippen LogP contribution in [0.25, 0.3) is 17.2 Å². The van der Waals surface area contributed by atoms with Crippen molar-refractivity contribution in [1.29, 1.82) is 0 Å². The van der Waals surface area contributed by atoms with Gasteiger partial charge in [0.2, 0.25) is 0 Å². The fourth-order valence-corrected chi connectivity index (χ4v) is 3.02. The second-order valence-electron chi connectivity index (χ2n) is 6.65. The summed E-state index contributed by atoms with van der Waals surface area (Å²) in [5, 5.41) is 4.55. The van der Waals surface area contributed by atoms with Crippen LogP contribution in [-0.2, 0) is 0 Å². The van der Waals surface area contributed by atoms with Crippen LogP contribution >= 0.6 is 0 Å². The Labute approximate surface area is 157 Å². The van der Waals surface area contributed by atoms with Gasteiger partial charge in [-0.15, -0.1) is 0 Å². The first-order chi connectivity index (χ1) is 13.1. The number of hydrogen-bond donors (Lipinski definition) is 0. The van der Waals surface area contributed by atoms with Gasteiger partial charge < -0.3 is 9.80 Å². The summed E-state index contributed by atoms with van der Waals surface area (Å²) in [7, 11) is 2.06. The third-order valence-electron chi connectivity index (χ3n) is 4.63. The predicted molar refractivity (Wildman–Crippen MR) is 101 cm³/mol. The number of pyridine rings is 1. The van der Waals surface area contributed by atoms with Crippen molar-refractivity contribution < 1.29 is 4.79 Å². The van der Waals surface area contributed by atoms with Crippen molar-refractivity contribution in [1.82, 2.24) is 34.5 Å². The van der Waals surface area contributed by atoms with E-state index in [4.69, 9.17) is 0 Å². The van der Waals surface area contributed by atoms with Gasteiger partial charge >= 0.3 is 0 Å². The van der Waals surface area contributed by atoms with Crippen LogP contribution in [0.4, 0.5) is 0 Å². The highest BCUT2D eigenvalue weighted by atomic mass is 16.2. The number of aromatic nitrogens is 5. The van der Waals surface area contributed by atoms with E-state index < -0.39 is 0 Å². The molecule has 3 aromatic rings. The maximum atomic E-state index is 13.0. The van der Waals surface area contributed by atoms with E-state index in [-0.39, 0.29) is 5.91 Å². The second kappa shape index (κ2) is 7.24. The zero-order chi connectivity index (χ0) is 18.8. The number of carbonyl (C=O) groups excluding carboxylic acids is 1. The fraction of sp³-hybridized carbons (Fsp3) is 0.316. The van der Waals surface area contributed by atoms with Gasteiger partial charge in [0.25, 0.3) is 5.91 Å². The molecule has 1 fully saturated rings. The Morgan fingerprint density at radius 1 is 1.04 bits per heavy atom. The smallest absolute Gasteiger partial charge is 0.274 e. The summed E-state index contributed by atoms with van der Waals surface area (Å²) in [5.74, 6) is 0.484. The molecule has 0 aromatic carbocycles. The fourth-order valence-electron chi connectivity index (χ4n) is 3.02. The summed E-state index contributed by atoms with van der Waals surface area (Å²) in [5.41, 5.74) is 2.65. The molecule has 1 aliphatic heterocycles. The van der Waals surface area contributed by atoms with Crippen molar-refractivity contribution in [2.75, 3.05) is 33.2 Å². The molecule has 0 aliphatic carbocycles. The minimum absolute atomic E-state index is 0.0703. The molecule has 138 valence electrons. The zero-order valence-electron chi connectivity index (χ0n) is 15.4. The standard InChI is InChI=1S/C19H21N7O/c1-14-12-22-18(13-21-14)26-17(15-5-3-4-6-20-15)11-16(23-26)19(27)25-9-7-24(2)8-10-25/h3-6,11-13H,7-10H2,1-2H3. The molecule has 4 heterocycles. The molecule has 4 rings (SSSR count). The average molecular weight is 363 g/mol. The van der Waals surface area contributed by atoms with Crippen LogP contribution in [0.2, 0.25) is 0 Å². The lowest BCUT2D eigenvalue weighted by atomic mass is 10.2. The summed E-state index contributed by atoms with van der Waals surface area (Å²) >= 11 is 0. The molecule has 0 radical (unpaired) electrons. The van der Waals surface area contributed by atoms with Gasteiger partial charge in [-0.3, -0.25) is 14.8 Å². The first kappa shape index (κ1) is 17.3. The van der Waals surface area contributed by atoms with Crippen molar-refractivity contribution in [2.45, 2.75) is 6.92 Å². The minimum Gasteiger partial charge on any atom is -0.335 e. The average Bonchev–Trinajstić information content (AvgIpc) is 3.15. The maximum absolute atomic E-state index is 13.0. The van der Waals surface area contributed by atoms with Crippen LogP contribution in [0.5, 0.6) is 0 Å². The van der Waals surface area contributed by atoms with Gasteiger partial charge in [0.1, 0.15) is 0 Å². The van der Waals surface area contributed by atoms with Crippen molar-refractivity contribution in [3.8, 4) is 17.2 Å². The Balaban J connectivity index is 1.73. The Morgan fingerprint density at radius 3 is 2.52 bits per heavy atom. The number of likely N-dealkylation sites (N-methyl/N-ethyl adjacent to an activating group) is 1. The van der Waals surface area contributed by atoms with Crippen molar-refractivity contribution in [3.63, 3.8) is 0 Å². The molecular formula is C19H21N7O. The molecule has 8 heteroatoms. The van der Waals surface area contributed by atoms with Crippen LogP contribution in [0.3, 0.4) is 0 Å². The van der Waals surface area contributed by atoms with E-state index in [0.717, 1.165) is 24.5 Å². The highest BCUT2D eigenvalue weighted by Gasteiger charge is 2.25. The lowest BCUT2D eigenvalue weighted by molar-refractivity contribution is 0.0657. The van der Waals surface area contributed by atoms with E-state index in [1.165, 1.54) is 0 Å². The third-order valence-corrected chi connectivity index (χ3v) is 4.63. The van der Waals surface area contributed by atoms with Crippen LogP contribution in [0, 0.1) is 6.92 Å². The molecule has 0 bridgehead atoms. The third kappa shape index (κ3) is 3.56. The molecule has 0 saturated carbocycles. The molecular weight excluding hydrogens is 342 g/mol. The Bertz CT molecular complexity index is 928. The van der Waals surface area contributed by atoms with E-state index in [1.807, 2.05) is 30.0 Å². The molecule has 0 N–H and O–H groups in total. The molecule has 0 atom stereocenters. The van der Waals surface area contributed by atoms with Gasteiger partial charge in [0.05, 0.1) is 29.5 Å². The minimum atomic E-state index is -0.0703. The van der Waals surface area contributed by atoms with E-state index in [9.17, 15) is 4.79 Å². The highest BCUT2D eigenvalue weighted by molar-refractivity contribution is 5.93. The monoisotopic (exact) mass is 363 g/mol. The van der Waals surface area contributed by atoms with Gasteiger partial charge in [0.15, 0.2) is 11.5 Å².